The van der Waals surface area contributed by atoms with Gasteiger partial charge in [-0.1, -0.05) is 111 Å². The van der Waals surface area contributed by atoms with Crippen LogP contribution in [0.5, 0.6) is 0 Å². The largest absolute Gasteiger partial charge is 0.310 e. The van der Waals surface area contributed by atoms with Crippen molar-refractivity contribution in [2.24, 2.45) is 47.3 Å². The normalized spacial score (nSPS) is 34.1. The molecule has 0 radical (unpaired) electrons. The molecule has 0 aromatic heterocycles. The number of fused-ring (bicyclic) bond motifs is 9. The fourth-order valence-corrected chi connectivity index (χ4v) is 17.9. The van der Waals surface area contributed by atoms with E-state index in [9.17, 15) is 0 Å². The zero-order valence-electron chi connectivity index (χ0n) is 35.3. The Hall–Kier alpha value is -4.88. The van der Waals surface area contributed by atoms with Crippen molar-refractivity contribution in [3.05, 3.63) is 161 Å². The first-order valence-corrected chi connectivity index (χ1v) is 23.9. The van der Waals surface area contributed by atoms with Crippen LogP contribution in [-0.4, -0.2) is 0 Å². The molecular weight excluding hydrogens is 723 g/mol. The van der Waals surface area contributed by atoms with Crippen LogP contribution in [0, 0.1) is 47.3 Å². The molecule has 11 aliphatic rings. The summed E-state index contributed by atoms with van der Waals surface area (Å²) in [6.45, 7) is 4.84. The maximum absolute atomic E-state index is 2.74. The van der Waals surface area contributed by atoms with E-state index in [1.165, 1.54) is 126 Å². The van der Waals surface area contributed by atoms with E-state index in [0.29, 0.717) is 0 Å². The Balaban J connectivity index is 0.991. The van der Waals surface area contributed by atoms with Crippen molar-refractivity contribution in [3.63, 3.8) is 0 Å². The van der Waals surface area contributed by atoms with Gasteiger partial charge in [-0.05, 0) is 203 Å². The van der Waals surface area contributed by atoms with Crippen LogP contribution in [-0.2, 0) is 16.2 Å². The van der Waals surface area contributed by atoms with E-state index in [0.717, 1.165) is 47.3 Å². The lowest BCUT2D eigenvalue weighted by Crippen LogP contribution is -2.55. The minimum absolute atomic E-state index is 0.0285. The van der Waals surface area contributed by atoms with Crippen LogP contribution >= 0.6 is 0 Å². The van der Waals surface area contributed by atoms with Gasteiger partial charge in [-0.2, -0.15) is 0 Å². The maximum atomic E-state index is 2.74. The molecule has 0 aliphatic heterocycles. The van der Waals surface area contributed by atoms with Crippen LogP contribution in [0.15, 0.2) is 127 Å². The third-order valence-electron chi connectivity index (χ3n) is 19.4. The van der Waals surface area contributed by atoms with E-state index >= 15 is 0 Å². The van der Waals surface area contributed by atoms with Crippen LogP contribution in [0.25, 0.3) is 33.4 Å². The van der Waals surface area contributed by atoms with Gasteiger partial charge in [0.1, 0.15) is 0 Å². The molecule has 0 heterocycles. The van der Waals surface area contributed by atoms with Gasteiger partial charge in [0.15, 0.2) is 0 Å². The molecule has 11 aliphatic carbocycles. The summed E-state index contributed by atoms with van der Waals surface area (Å²) in [6.07, 6.45) is 14.2. The molecule has 0 N–H and O–H groups in total. The van der Waals surface area contributed by atoms with Gasteiger partial charge in [-0.3, -0.25) is 0 Å². The Kier molecular flexibility index (Phi) is 6.38. The van der Waals surface area contributed by atoms with E-state index < -0.39 is 0 Å². The molecule has 1 nitrogen and oxygen atoms in total. The second kappa shape index (κ2) is 11.3. The molecule has 8 bridgehead atoms. The monoisotopic (exact) mass is 777 g/mol. The Morgan fingerprint density at radius 2 is 0.817 bits per heavy atom. The molecule has 0 atom stereocenters. The standard InChI is InChI=1S/C59H55N/c1-57(2)49-13-6-3-11-45(49)48-32-42(19-21-50(48)57)60(43-18-20-46-44-10-4-7-14-51(44)59(54(46)33-43)40-28-36-23-37(30-40)31-41(59)29-36)55-17-9-16-53-56(55)47-12-5-8-15-52(47)58(53)38-24-34-22-35(26-38)27-39(58)25-34/h3-21,32-41H,22-31H2,1-2H3. The number of hydrogen-bond donors (Lipinski definition) is 0. The van der Waals surface area contributed by atoms with Crippen molar-refractivity contribution < 1.29 is 0 Å². The second-order valence-electron chi connectivity index (χ2n) is 22.1. The highest BCUT2D eigenvalue weighted by atomic mass is 15.1. The highest BCUT2D eigenvalue weighted by Crippen LogP contribution is 2.72. The number of nitrogens with zero attached hydrogens (tertiary/aromatic N) is 1. The lowest BCUT2D eigenvalue weighted by atomic mass is 9.43. The molecule has 8 fully saturated rings. The van der Waals surface area contributed by atoms with Crippen molar-refractivity contribution in [3.8, 4) is 33.4 Å². The van der Waals surface area contributed by atoms with Crippen LogP contribution in [0.3, 0.4) is 0 Å². The van der Waals surface area contributed by atoms with E-state index in [2.05, 4.69) is 146 Å². The molecule has 6 aromatic carbocycles. The minimum Gasteiger partial charge on any atom is -0.310 e. The summed E-state index contributed by atoms with van der Waals surface area (Å²) in [4.78, 5) is 2.74. The van der Waals surface area contributed by atoms with Gasteiger partial charge in [0.25, 0.3) is 0 Å². The number of benzene rings is 6. The van der Waals surface area contributed by atoms with Crippen molar-refractivity contribution in [1.82, 2.24) is 0 Å². The molecule has 60 heavy (non-hydrogen) atoms. The average Bonchev–Trinajstić information content (AvgIpc) is 3.81. The zero-order chi connectivity index (χ0) is 39.3. The summed E-state index contributed by atoms with van der Waals surface area (Å²) in [6, 6.07) is 51.5. The van der Waals surface area contributed by atoms with Gasteiger partial charge in [0.05, 0.1) is 5.69 Å². The smallest absolute Gasteiger partial charge is 0.0543 e. The summed E-state index contributed by atoms with van der Waals surface area (Å²) in [5.41, 5.74) is 22.5. The number of rotatable bonds is 3. The third-order valence-corrected chi connectivity index (χ3v) is 19.4. The lowest BCUT2D eigenvalue weighted by Gasteiger charge is -2.61. The van der Waals surface area contributed by atoms with E-state index in [4.69, 9.17) is 0 Å². The van der Waals surface area contributed by atoms with Crippen molar-refractivity contribution in [2.45, 2.75) is 94.3 Å². The number of hydrogen-bond acceptors (Lipinski definition) is 1. The Morgan fingerprint density at radius 1 is 0.367 bits per heavy atom. The Labute approximate surface area is 356 Å². The first kappa shape index (κ1) is 33.8. The number of anilines is 3. The highest BCUT2D eigenvalue weighted by molar-refractivity contribution is 5.97. The minimum atomic E-state index is -0.0285. The van der Waals surface area contributed by atoms with Crippen molar-refractivity contribution in [1.29, 1.82) is 0 Å². The van der Waals surface area contributed by atoms with Gasteiger partial charge in [-0.15, -0.1) is 0 Å². The van der Waals surface area contributed by atoms with E-state index in [-0.39, 0.29) is 16.2 Å². The molecular formula is C59H55N. The van der Waals surface area contributed by atoms with Gasteiger partial charge < -0.3 is 4.90 Å². The molecule has 6 aromatic rings. The van der Waals surface area contributed by atoms with Crippen molar-refractivity contribution >= 4 is 17.1 Å². The third kappa shape index (κ3) is 3.91. The first-order chi connectivity index (χ1) is 29.4. The predicted molar refractivity (Wildman–Crippen MR) is 245 cm³/mol. The summed E-state index contributed by atoms with van der Waals surface area (Å²) < 4.78 is 0. The van der Waals surface area contributed by atoms with Gasteiger partial charge in [0.2, 0.25) is 0 Å². The Morgan fingerprint density at radius 3 is 1.45 bits per heavy atom. The molecule has 0 amide bonds. The highest BCUT2D eigenvalue weighted by Gasteiger charge is 2.63. The van der Waals surface area contributed by atoms with Crippen LogP contribution in [0.1, 0.15) is 111 Å². The fraction of sp³-hybridized carbons (Fsp3) is 0.390. The zero-order valence-corrected chi connectivity index (χ0v) is 35.3. The molecule has 1 heteroatoms. The van der Waals surface area contributed by atoms with Crippen LogP contribution in [0.4, 0.5) is 17.1 Å². The first-order valence-electron chi connectivity index (χ1n) is 23.9. The summed E-state index contributed by atoms with van der Waals surface area (Å²) in [5, 5.41) is 0. The van der Waals surface area contributed by atoms with Crippen LogP contribution < -0.4 is 4.90 Å². The maximum Gasteiger partial charge on any atom is 0.0543 e. The molecule has 8 saturated carbocycles. The molecule has 0 saturated heterocycles. The Bertz CT molecular complexity index is 2800. The SMILES string of the molecule is CC1(C)c2ccccc2-c2cc(N(c3ccc4c(c3)C3(c5ccccc5-4)C4CC5CC(C4)CC3C5)c3cccc4c3-c3ccccc3C43C4CC5CC(C4)CC3C5)ccc21. The van der Waals surface area contributed by atoms with Crippen molar-refractivity contribution in [2.75, 3.05) is 4.90 Å². The van der Waals surface area contributed by atoms with E-state index in [1.54, 1.807) is 22.3 Å². The molecule has 17 rings (SSSR count). The average molecular weight is 778 g/mol. The van der Waals surface area contributed by atoms with E-state index in [1.807, 2.05) is 0 Å². The lowest BCUT2D eigenvalue weighted by molar-refractivity contribution is -0.0399. The van der Waals surface area contributed by atoms with Gasteiger partial charge >= 0.3 is 0 Å². The topological polar surface area (TPSA) is 3.24 Å². The quantitative estimate of drug-likeness (QED) is 0.173. The summed E-state index contributed by atoms with van der Waals surface area (Å²) in [5.74, 6) is 6.68. The van der Waals surface area contributed by atoms with Gasteiger partial charge in [-0.25, -0.2) is 0 Å². The summed E-state index contributed by atoms with van der Waals surface area (Å²) >= 11 is 0. The predicted octanol–water partition coefficient (Wildman–Crippen LogP) is 14.9. The second-order valence-corrected chi connectivity index (χ2v) is 22.1. The molecule has 2 spiro atoms. The fourth-order valence-electron chi connectivity index (χ4n) is 17.9. The summed E-state index contributed by atoms with van der Waals surface area (Å²) in [7, 11) is 0. The molecule has 0 unspecified atom stereocenters. The molecule has 296 valence electrons. The van der Waals surface area contributed by atoms with Gasteiger partial charge in [0, 0.05) is 33.2 Å². The van der Waals surface area contributed by atoms with Crippen LogP contribution in [0.2, 0.25) is 0 Å².